The fraction of sp³-hybridized carbons (Fsp3) is 0.600. The zero-order valence-electron chi connectivity index (χ0n) is 14.2. The van der Waals surface area contributed by atoms with E-state index in [0.717, 1.165) is 50.8 Å². The third-order valence-electron chi connectivity index (χ3n) is 5.93. The minimum absolute atomic E-state index is 0.110. The molecule has 0 radical (unpaired) electrons. The zero-order valence-corrected chi connectivity index (χ0v) is 14.2. The van der Waals surface area contributed by atoms with Crippen LogP contribution in [0.3, 0.4) is 0 Å². The number of carbonyl (C=O) groups is 2. The van der Waals surface area contributed by atoms with E-state index in [4.69, 9.17) is 0 Å². The lowest BCUT2D eigenvalue weighted by atomic mass is 10.0. The van der Waals surface area contributed by atoms with Gasteiger partial charge >= 0.3 is 0 Å². The lowest BCUT2D eigenvalue weighted by molar-refractivity contribution is -0.133. The van der Waals surface area contributed by atoms with E-state index >= 15 is 0 Å². The molecule has 2 unspecified atom stereocenters. The maximum absolute atomic E-state index is 12.7. The molecule has 2 fully saturated rings. The van der Waals surface area contributed by atoms with Gasteiger partial charge in [0.25, 0.3) is 0 Å². The fourth-order valence-electron chi connectivity index (χ4n) is 4.63. The number of Topliss-reactive ketones (excluding diaryl/α,β-unsaturated/α-hetero) is 1. The van der Waals surface area contributed by atoms with E-state index in [9.17, 15) is 9.59 Å². The average molecular weight is 326 g/mol. The molecule has 2 heterocycles. The molecular weight excluding hydrogens is 300 g/mol. The number of nitrogens with one attached hydrogen (secondary N) is 1. The fourth-order valence-corrected chi connectivity index (χ4v) is 4.63. The second-order valence-corrected chi connectivity index (χ2v) is 7.44. The van der Waals surface area contributed by atoms with E-state index in [-0.39, 0.29) is 11.7 Å². The molecule has 24 heavy (non-hydrogen) atoms. The minimum atomic E-state index is 0.110. The average Bonchev–Trinajstić information content (AvgIpc) is 3.14. The van der Waals surface area contributed by atoms with E-state index in [1.165, 1.54) is 17.5 Å². The molecule has 2 saturated heterocycles. The Kier molecular flexibility index (Phi) is 4.40. The van der Waals surface area contributed by atoms with Gasteiger partial charge < -0.3 is 10.2 Å². The molecule has 1 aliphatic carbocycles. The van der Waals surface area contributed by atoms with Crippen LogP contribution < -0.4 is 5.32 Å². The van der Waals surface area contributed by atoms with Gasteiger partial charge in [-0.05, 0) is 62.3 Å². The highest BCUT2D eigenvalue weighted by Gasteiger charge is 2.37. The molecule has 1 aromatic rings. The predicted molar refractivity (Wildman–Crippen MR) is 93.2 cm³/mol. The van der Waals surface area contributed by atoms with Gasteiger partial charge in [-0.2, -0.15) is 0 Å². The maximum Gasteiger partial charge on any atom is 0.223 e. The molecule has 2 aliphatic heterocycles. The highest BCUT2D eigenvalue weighted by Crippen LogP contribution is 2.29. The summed E-state index contributed by atoms with van der Waals surface area (Å²) in [6.07, 6.45) is 7.36. The summed E-state index contributed by atoms with van der Waals surface area (Å²) in [5.74, 6) is 0.277. The molecule has 1 aromatic carbocycles. The first-order valence-corrected chi connectivity index (χ1v) is 9.39. The van der Waals surface area contributed by atoms with Gasteiger partial charge in [0.2, 0.25) is 5.91 Å². The van der Waals surface area contributed by atoms with Crippen LogP contribution >= 0.6 is 0 Å². The van der Waals surface area contributed by atoms with Gasteiger partial charge in [0.15, 0.2) is 5.78 Å². The monoisotopic (exact) mass is 326 g/mol. The van der Waals surface area contributed by atoms with Crippen LogP contribution in [0.5, 0.6) is 0 Å². The Morgan fingerprint density at radius 1 is 1.04 bits per heavy atom. The topological polar surface area (TPSA) is 49.4 Å². The zero-order chi connectivity index (χ0) is 16.5. The number of hydrogen-bond donors (Lipinski definition) is 1. The van der Waals surface area contributed by atoms with Crippen LogP contribution in [-0.2, 0) is 17.6 Å². The minimum Gasteiger partial charge on any atom is -0.335 e. The van der Waals surface area contributed by atoms with E-state index < -0.39 is 0 Å². The van der Waals surface area contributed by atoms with Crippen LogP contribution in [0.4, 0.5) is 0 Å². The second kappa shape index (κ2) is 6.67. The quantitative estimate of drug-likeness (QED) is 0.865. The van der Waals surface area contributed by atoms with Crippen molar-refractivity contribution >= 4 is 11.7 Å². The van der Waals surface area contributed by atoms with Crippen molar-refractivity contribution in [3.63, 3.8) is 0 Å². The van der Waals surface area contributed by atoms with Crippen molar-refractivity contribution < 1.29 is 9.59 Å². The van der Waals surface area contributed by atoms with Crippen LogP contribution in [0.25, 0.3) is 0 Å². The summed E-state index contributed by atoms with van der Waals surface area (Å²) in [5.41, 5.74) is 3.49. The second-order valence-electron chi connectivity index (χ2n) is 7.44. The lowest BCUT2D eigenvalue weighted by Gasteiger charge is -2.27. The largest absolute Gasteiger partial charge is 0.335 e. The number of ketones is 1. The number of amides is 1. The lowest BCUT2D eigenvalue weighted by Crippen LogP contribution is -2.42. The van der Waals surface area contributed by atoms with Gasteiger partial charge in [-0.25, -0.2) is 0 Å². The third kappa shape index (κ3) is 3.00. The molecule has 3 aliphatic rings. The van der Waals surface area contributed by atoms with Gasteiger partial charge in [-0.15, -0.1) is 0 Å². The van der Waals surface area contributed by atoms with Crippen LogP contribution in [0.2, 0.25) is 0 Å². The predicted octanol–water partition coefficient (Wildman–Crippen LogP) is 2.49. The first-order valence-electron chi connectivity index (χ1n) is 9.39. The Balaban J connectivity index is 1.37. The molecule has 1 N–H and O–H groups in total. The molecule has 1 amide bonds. The van der Waals surface area contributed by atoms with Gasteiger partial charge in [0.05, 0.1) is 0 Å². The standard InChI is InChI=1S/C20H26N2O2/c23-19(16-5-4-14-2-1-3-15(14)12-16)8-9-20(24)22-17-6-7-18(22)13-21-11-10-17/h4-5,12,17-18,21H,1-3,6-11,13H2. The van der Waals surface area contributed by atoms with Gasteiger partial charge in [0, 0.05) is 37.0 Å². The van der Waals surface area contributed by atoms with E-state index in [2.05, 4.69) is 22.3 Å². The molecule has 4 rings (SSSR count). The Hall–Kier alpha value is -1.68. The van der Waals surface area contributed by atoms with Crippen molar-refractivity contribution in [2.24, 2.45) is 0 Å². The number of fused-ring (bicyclic) bond motifs is 3. The van der Waals surface area contributed by atoms with Crippen molar-refractivity contribution in [3.05, 3.63) is 34.9 Å². The normalized spacial score (nSPS) is 25.4. The molecule has 4 heteroatoms. The number of carbonyl (C=O) groups excluding carboxylic acids is 2. The SMILES string of the molecule is O=C(CCC(=O)N1C2CCNCC1CC2)c1ccc2c(c1)CCC2. The summed E-state index contributed by atoms with van der Waals surface area (Å²) < 4.78 is 0. The molecule has 0 saturated carbocycles. The number of nitrogens with zero attached hydrogens (tertiary/aromatic N) is 1. The first-order chi connectivity index (χ1) is 11.7. The Morgan fingerprint density at radius 3 is 2.79 bits per heavy atom. The van der Waals surface area contributed by atoms with Crippen molar-refractivity contribution in [1.29, 1.82) is 0 Å². The van der Waals surface area contributed by atoms with E-state index in [0.29, 0.717) is 24.9 Å². The third-order valence-corrected chi connectivity index (χ3v) is 5.93. The van der Waals surface area contributed by atoms with Crippen LogP contribution in [0.15, 0.2) is 18.2 Å². The summed E-state index contributed by atoms with van der Waals surface area (Å²) in [4.78, 5) is 27.3. The number of rotatable bonds is 4. The van der Waals surface area contributed by atoms with Crippen molar-refractivity contribution in [2.45, 2.75) is 63.5 Å². The van der Waals surface area contributed by atoms with Crippen LogP contribution in [-0.4, -0.2) is 41.8 Å². The number of benzene rings is 1. The summed E-state index contributed by atoms with van der Waals surface area (Å²) in [6.45, 7) is 1.90. The smallest absolute Gasteiger partial charge is 0.223 e. The molecule has 0 spiro atoms. The Labute approximate surface area is 143 Å². The summed E-state index contributed by atoms with van der Waals surface area (Å²) >= 11 is 0. The molecular formula is C20H26N2O2. The van der Waals surface area contributed by atoms with Crippen LogP contribution in [0, 0.1) is 0 Å². The van der Waals surface area contributed by atoms with Gasteiger partial charge in [-0.1, -0.05) is 12.1 Å². The van der Waals surface area contributed by atoms with Crippen LogP contribution in [0.1, 0.15) is 60.0 Å². The molecule has 4 nitrogen and oxygen atoms in total. The first kappa shape index (κ1) is 15.8. The van der Waals surface area contributed by atoms with Gasteiger partial charge in [-0.3, -0.25) is 9.59 Å². The Bertz CT molecular complexity index is 641. The van der Waals surface area contributed by atoms with Gasteiger partial charge in [0.1, 0.15) is 0 Å². The Morgan fingerprint density at radius 2 is 1.88 bits per heavy atom. The van der Waals surface area contributed by atoms with Crippen molar-refractivity contribution in [2.75, 3.05) is 13.1 Å². The van der Waals surface area contributed by atoms with E-state index in [1.54, 1.807) is 0 Å². The maximum atomic E-state index is 12.7. The summed E-state index contributed by atoms with van der Waals surface area (Å²) in [7, 11) is 0. The van der Waals surface area contributed by atoms with Crippen molar-refractivity contribution in [1.82, 2.24) is 10.2 Å². The number of aryl methyl sites for hydroxylation is 2. The molecule has 2 atom stereocenters. The highest BCUT2D eigenvalue weighted by molar-refractivity contribution is 5.98. The summed E-state index contributed by atoms with van der Waals surface area (Å²) in [5, 5.41) is 3.42. The molecule has 0 aromatic heterocycles. The highest BCUT2D eigenvalue weighted by atomic mass is 16.2. The summed E-state index contributed by atoms with van der Waals surface area (Å²) in [6, 6.07) is 6.80. The molecule has 128 valence electrons. The molecule has 2 bridgehead atoms. The van der Waals surface area contributed by atoms with Crippen molar-refractivity contribution in [3.8, 4) is 0 Å². The van der Waals surface area contributed by atoms with E-state index in [1.807, 2.05) is 6.07 Å². The number of hydrogen-bond acceptors (Lipinski definition) is 3.